The zero-order valence-electron chi connectivity index (χ0n) is 12.9. The largest absolute Gasteiger partial charge is 0.350 e. The molecule has 0 saturated heterocycles. The van der Waals surface area contributed by atoms with Crippen molar-refractivity contribution in [3.8, 4) is 0 Å². The Labute approximate surface area is 125 Å². The average molecular weight is 297 g/mol. The molecule has 0 aliphatic heterocycles. The van der Waals surface area contributed by atoms with Gasteiger partial charge in [0.1, 0.15) is 5.82 Å². The summed E-state index contributed by atoms with van der Waals surface area (Å²) in [5.41, 5.74) is -0.111. The highest BCUT2D eigenvalue weighted by Crippen LogP contribution is 2.27. The number of carbonyl (C=O) groups excluding carboxylic acids is 1. The van der Waals surface area contributed by atoms with Crippen molar-refractivity contribution in [2.75, 3.05) is 5.75 Å². The van der Waals surface area contributed by atoms with Crippen LogP contribution in [-0.4, -0.2) is 17.2 Å². The molecule has 0 heterocycles. The zero-order chi connectivity index (χ0) is 15.4. The fourth-order valence-corrected chi connectivity index (χ4v) is 3.23. The molecule has 20 heavy (non-hydrogen) atoms. The Morgan fingerprint density at radius 3 is 2.35 bits per heavy atom. The second kappa shape index (κ2) is 6.61. The van der Waals surface area contributed by atoms with E-state index >= 15 is 0 Å². The SMILES string of the molecule is CC(C)(C)CC(C)(C)NC(=O)CSc1ccccc1F. The first-order valence-corrected chi connectivity index (χ1v) is 7.76. The molecule has 0 atom stereocenters. The van der Waals surface area contributed by atoms with E-state index in [4.69, 9.17) is 0 Å². The summed E-state index contributed by atoms with van der Waals surface area (Å²) in [6, 6.07) is 6.51. The third-order valence-corrected chi connectivity index (χ3v) is 3.69. The Morgan fingerprint density at radius 2 is 1.80 bits per heavy atom. The summed E-state index contributed by atoms with van der Waals surface area (Å²) < 4.78 is 13.4. The number of thioether (sulfide) groups is 1. The highest BCUT2D eigenvalue weighted by molar-refractivity contribution is 8.00. The number of halogens is 1. The monoisotopic (exact) mass is 297 g/mol. The molecule has 0 aliphatic carbocycles. The van der Waals surface area contributed by atoms with Gasteiger partial charge >= 0.3 is 0 Å². The first kappa shape index (κ1) is 17.0. The van der Waals surface area contributed by atoms with Crippen LogP contribution in [0.2, 0.25) is 0 Å². The highest BCUT2D eigenvalue weighted by atomic mass is 32.2. The Kier molecular flexibility index (Phi) is 5.63. The number of hydrogen-bond donors (Lipinski definition) is 1. The van der Waals surface area contributed by atoms with Crippen molar-refractivity contribution in [2.24, 2.45) is 5.41 Å². The standard InChI is InChI=1S/C16H24FNOS/c1-15(2,3)11-16(4,5)18-14(19)10-20-13-9-7-6-8-12(13)17/h6-9H,10-11H2,1-5H3,(H,18,19). The van der Waals surface area contributed by atoms with Crippen molar-refractivity contribution in [3.63, 3.8) is 0 Å². The van der Waals surface area contributed by atoms with Crippen LogP contribution in [0.15, 0.2) is 29.2 Å². The highest BCUT2D eigenvalue weighted by Gasteiger charge is 2.26. The van der Waals surface area contributed by atoms with E-state index < -0.39 is 0 Å². The maximum atomic E-state index is 13.4. The van der Waals surface area contributed by atoms with Gasteiger partial charge in [0.25, 0.3) is 0 Å². The molecule has 0 unspecified atom stereocenters. The van der Waals surface area contributed by atoms with Crippen LogP contribution in [0.4, 0.5) is 4.39 Å². The molecular formula is C16H24FNOS. The van der Waals surface area contributed by atoms with Crippen LogP contribution in [0.5, 0.6) is 0 Å². The molecule has 0 fully saturated rings. The maximum Gasteiger partial charge on any atom is 0.230 e. The Balaban J connectivity index is 2.50. The van der Waals surface area contributed by atoms with E-state index in [9.17, 15) is 9.18 Å². The average Bonchev–Trinajstić information content (AvgIpc) is 2.23. The quantitative estimate of drug-likeness (QED) is 0.823. The summed E-state index contributed by atoms with van der Waals surface area (Å²) in [7, 11) is 0. The van der Waals surface area contributed by atoms with Gasteiger partial charge in [-0.1, -0.05) is 32.9 Å². The van der Waals surface area contributed by atoms with Crippen LogP contribution in [-0.2, 0) is 4.79 Å². The molecule has 1 amide bonds. The fraction of sp³-hybridized carbons (Fsp3) is 0.562. The van der Waals surface area contributed by atoms with Crippen molar-refractivity contribution in [1.82, 2.24) is 5.32 Å². The van der Waals surface area contributed by atoms with Crippen LogP contribution < -0.4 is 5.32 Å². The fourth-order valence-electron chi connectivity index (χ4n) is 2.49. The van der Waals surface area contributed by atoms with Gasteiger partial charge in [0.15, 0.2) is 0 Å². The number of rotatable bonds is 5. The number of benzene rings is 1. The van der Waals surface area contributed by atoms with Crippen LogP contribution >= 0.6 is 11.8 Å². The molecule has 0 bridgehead atoms. The Morgan fingerprint density at radius 1 is 1.20 bits per heavy atom. The van der Waals surface area contributed by atoms with Gasteiger partial charge in [-0.05, 0) is 37.8 Å². The van der Waals surface area contributed by atoms with Gasteiger partial charge in [0, 0.05) is 10.4 Å². The van der Waals surface area contributed by atoms with E-state index in [0.29, 0.717) is 4.90 Å². The molecular weight excluding hydrogens is 273 g/mol. The first-order chi connectivity index (χ1) is 9.09. The molecule has 1 N–H and O–H groups in total. The third-order valence-electron chi connectivity index (χ3n) is 2.65. The summed E-state index contributed by atoms with van der Waals surface area (Å²) >= 11 is 1.23. The van der Waals surface area contributed by atoms with Gasteiger partial charge in [-0.15, -0.1) is 11.8 Å². The smallest absolute Gasteiger partial charge is 0.230 e. The first-order valence-electron chi connectivity index (χ1n) is 6.77. The lowest BCUT2D eigenvalue weighted by atomic mass is 9.82. The second-order valence-corrected chi connectivity index (χ2v) is 7.91. The molecule has 2 nitrogen and oxygen atoms in total. The third kappa shape index (κ3) is 6.42. The van der Waals surface area contributed by atoms with Crippen molar-refractivity contribution < 1.29 is 9.18 Å². The molecule has 0 aromatic heterocycles. The van der Waals surface area contributed by atoms with E-state index in [2.05, 4.69) is 26.1 Å². The van der Waals surface area contributed by atoms with E-state index in [0.717, 1.165) is 6.42 Å². The number of nitrogens with one attached hydrogen (secondary N) is 1. The number of amides is 1. The summed E-state index contributed by atoms with van der Waals surface area (Å²) in [5, 5.41) is 3.02. The maximum absolute atomic E-state index is 13.4. The normalized spacial score (nSPS) is 12.3. The predicted octanol–water partition coefficient (Wildman–Crippen LogP) is 4.25. The molecule has 1 aromatic rings. The lowest BCUT2D eigenvalue weighted by molar-refractivity contribution is -0.120. The number of carbonyl (C=O) groups is 1. The molecule has 1 aromatic carbocycles. The lowest BCUT2D eigenvalue weighted by Gasteiger charge is -2.33. The van der Waals surface area contributed by atoms with Gasteiger partial charge in [0.2, 0.25) is 5.91 Å². The van der Waals surface area contributed by atoms with Crippen LogP contribution in [0.1, 0.15) is 41.0 Å². The van der Waals surface area contributed by atoms with E-state index in [-0.39, 0.29) is 28.4 Å². The van der Waals surface area contributed by atoms with Crippen LogP contribution in [0, 0.1) is 11.2 Å². The van der Waals surface area contributed by atoms with Crippen molar-refractivity contribution in [1.29, 1.82) is 0 Å². The summed E-state index contributed by atoms with van der Waals surface area (Å²) in [4.78, 5) is 12.5. The predicted molar refractivity (Wildman–Crippen MR) is 83.4 cm³/mol. The topological polar surface area (TPSA) is 29.1 Å². The van der Waals surface area contributed by atoms with Crippen molar-refractivity contribution in [3.05, 3.63) is 30.1 Å². The van der Waals surface area contributed by atoms with E-state index in [1.165, 1.54) is 17.8 Å². The van der Waals surface area contributed by atoms with Gasteiger partial charge in [-0.25, -0.2) is 4.39 Å². The van der Waals surface area contributed by atoms with Crippen molar-refractivity contribution >= 4 is 17.7 Å². The summed E-state index contributed by atoms with van der Waals surface area (Å²) in [6.07, 6.45) is 0.885. The minimum absolute atomic E-state index is 0.0625. The molecule has 112 valence electrons. The van der Waals surface area contributed by atoms with Gasteiger partial charge in [-0.3, -0.25) is 4.79 Å². The van der Waals surface area contributed by atoms with Crippen LogP contribution in [0.25, 0.3) is 0 Å². The molecule has 1 rings (SSSR count). The number of hydrogen-bond acceptors (Lipinski definition) is 2. The second-order valence-electron chi connectivity index (χ2n) is 6.89. The van der Waals surface area contributed by atoms with Gasteiger partial charge < -0.3 is 5.32 Å². The molecule has 0 saturated carbocycles. The Hall–Kier alpha value is -1.03. The van der Waals surface area contributed by atoms with E-state index in [1.54, 1.807) is 18.2 Å². The molecule has 0 spiro atoms. The lowest BCUT2D eigenvalue weighted by Crippen LogP contribution is -2.46. The molecule has 0 radical (unpaired) electrons. The van der Waals surface area contributed by atoms with Crippen molar-refractivity contribution in [2.45, 2.75) is 51.5 Å². The zero-order valence-corrected chi connectivity index (χ0v) is 13.7. The molecule has 4 heteroatoms. The molecule has 0 aliphatic rings. The minimum Gasteiger partial charge on any atom is -0.350 e. The van der Waals surface area contributed by atoms with Gasteiger partial charge in [0.05, 0.1) is 5.75 Å². The minimum atomic E-state index is -0.278. The van der Waals surface area contributed by atoms with E-state index in [1.807, 2.05) is 13.8 Å². The summed E-state index contributed by atoms with van der Waals surface area (Å²) in [5.74, 6) is -0.110. The Bertz CT molecular complexity index is 466. The van der Waals surface area contributed by atoms with Gasteiger partial charge in [-0.2, -0.15) is 0 Å². The summed E-state index contributed by atoms with van der Waals surface area (Å²) in [6.45, 7) is 10.5. The van der Waals surface area contributed by atoms with Crippen LogP contribution in [0.3, 0.4) is 0 Å².